The van der Waals surface area contributed by atoms with Crippen LogP contribution < -0.4 is 5.32 Å². The van der Waals surface area contributed by atoms with Gasteiger partial charge in [0.05, 0.1) is 7.11 Å². The van der Waals surface area contributed by atoms with Crippen molar-refractivity contribution >= 4 is 5.97 Å². The van der Waals surface area contributed by atoms with Crippen molar-refractivity contribution in [2.24, 2.45) is 0 Å². The van der Waals surface area contributed by atoms with E-state index in [1.165, 1.54) is 32.8 Å². The maximum absolute atomic E-state index is 12.1. The molecule has 0 radical (unpaired) electrons. The summed E-state index contributed by atoms with van der Waals surface area (Å²) in [6, 6.07) is 1.36. The van der Waals surface area contributed by atoms with Crippen molar-refractivity contribution in [2.75, 3.05) is 39.8 Å². The Labute approximate surface area is 121 Å². The summed E-state index contributed by atoms with van der Waals surface area (Å²) in [5.41, 5.74) is -0.558. The zero-order chi connectivity index (χ0) is 14.2. The van der Waals surface area contributed by atoms with Gasteiger partial charge in [-0.3, -0.25) is 19.9 Å². The van der Waals surface area contributed by atoms with E-state index in [0.29, 0.717) is 6.04 Å². The predicted octanol–water partition coefficient (Wildman–Crippen LogP) is 0.450. The van der Waals surface area contributed by atoms with Crippen molar-refractivity contribution in [3.05, 3.63) is 0 Å². The molecule has 3 fully saturated rings. The van der Waals surface area contributed by atoms with E-state index in [0.717, 1.165) is 38.8 Å². The lowest BCUT2D eigenvalue weighted by molar-refractivity contribution is -0.149. The molecule has 1 N–H and O–H groups in total. The van der Waals surface area contributed by atoms with Crippen LogP contribution in [0.1, 0.15) is 32.6 Å². The lowest BCUT2D eigenvalue weighted by Gasteiger charge is -2.39. The van der Waals surface area contributed by atoms with Crippen LogP contribution in [0.3, 0.4) is 0 Å². The molecule has 0 spiro atoms. The molecule has 1 unspecified atom stereocenters. The van der Waals surface area contributed by atoms with Gasteiger partial charge in [-0.2, -0.15) is 0 Å². The Kier molecular flexibility index (Phi) is 4.02. The summed E-state index contributed by atoms with van der Waals surface area (Å²) in [5, 5.41) is 3.48. The molecule has 1 atom stereocenters. The first-order valence-electron chi connectivity index (χ1n) is 7.93. The van der Waals surface area contributed by atoms with Crippen molar-refractivity contribution in [1.29, 1.82) is 0 Å². The molecular weight excluding hydrogens is 254 g/mol. The molecule has 3 rings (SSSR count). The highest BCUT2D eigenvalue weighted by molar-refractivity contribution is 5.80. The number of hydrogen-bond acceptors (Lipinski definition) is 5. The molecule has 5 nitrogen and oxygen atoms in total. The fourth-order valence-electron chi connectivity index (χ4n) is 3.25. The van der Waals surface area contributed by atoms with E-state index in [1.807, 2.05) is 6.92 Å². The molecule has 114 valence electrons. The topological polar surface area (TPSA) is 44.8 Å². The highest BCUT2D eigenvalue weighted by atomic mass is 16.5. The summed E-state index contributed by atoms with van der Waals surface area (Å²) in [4.78, 5) is 17.1. The second-order valence-electron chi connectivity index (χ2n) is 6.79. The maximum Gasteiger partial charge on any atom is 0.327 e. The van der Waals surface area contributed by atoms with Crippen LogP contribution in [0.25, 0.3) is 0 Å². The number of carbonyl (C=O) groups excluding carboxylic acids is 1. The number of carbonyl (C=O) groups is 1. The molecule has 3 aliphatic rings. The molecule has 0 aromatic carbocycles. The number of nitrogens with zero attached hydrogens (tertiary/aromatic N) is 2. The largest absolute Gasteiger partial charge is 0.468 e. The van der Waals surface area contributed by atoms with Crippen molar-refractivity contribution in [2.45, 2.75) is 50.2 Å². The number of nitrogens with one attached hydrogen (secondary N) is 1. The second kappa shape index (κ2) is 5.62. The average molecular weight is 281 g/mol. The van der Waals surface area contributed by atoms with Crippen LogP contribution in [0.5, 0.6) is 0 Å². The summed E-state index contributed by atoms with van der Waals surface area (Å²) in [7, 11) is 1.49. The maximum atomic E-state index is 12.1. The number of rotatable bonds is 6. The second-order valence-corrected chi connectivity index (χ2v) is 6.79. The van der Waals surface area contributed by atoms with E-state index in [9.17, 15) is 4.79 Å². The SMILES string of the molecule is COC(=O)C(C)(CN1CCN(C2CC2)CC1)NC1CC1. The van der Waals surface area contributed by atoms with Gasteiger partial charge in [-0.25, -0.2) is 0 Å². The molecule has 0 amide bonds. The van der Waals surface area contributed by atoms with E-state index in [-0.39, 0.29) is 5.97 Å². The lowest BCUT2D eigenvalue weighted by atomic mass is 10.0. The van der Waals surface area contributed by atoms with E-state index in [1.54, 1.807) is 0 Å². The van der Waals surface area contributed by atoms with E-state index < -0.39 is 5.54 Å². The molecule has 2 aliphatic carbocycles. The van der Waals surface area contributed by atoms with Gasteiger partial charge in [0, 0.05) is 44.8 Å². The van der Waals surface area contributed by atoms with Gasteiger partial charge >= 0.3 is 5.97 Å². The molecule has 1 aliphatic heterocycles. The Morgan fingerprint density at radius 3 is 2.35 bits per heavy atom. The molecule has 5 heteroatoms. The highest BCUT2D eigenvalue weighted by Gasteiger charge is 2.41. The Hall–Kier alpha value is -0.650. The van der Waals surface area contributed by atoms with Gasteiger partial charge in [0.25, 0.3) is 0 Å². The quantitative estimate of drug-likeness (QED) is 0.716. The van der Waals surface area contributed by atoms with Crippen LogP contribution >= 0.6 is 0 Å². The zero-order valence-corrected chi connectivity index (χ0v) is 12.7. The first-order valence-corrected chi connectivity index (χ1v) is 7.93. The number of methoxy groups -OCH3 is 1. The minimum Gasteiger partial charge on any atom is -0.468 e. The smallest absolute Gasteiger partial charge is 0.327 e. The van der Waals surface area contributed by atoms with Crippen molar-refractivity contribution in [1.82, 2.24) is 15.1 Å². The molecule has 0 aromatic heterocycles. The van der Waals surface area contributed by atoms with Crippen LogP contribution in [0.15, 0.2) is 0 Å². The van der Waals surface area contributed by atoms with Crippen LogP contribution in [0, 0.1) is 0 Å². The van der Waals surface area contributed by atoms with Crippen LogP contribution in [-0.4, -0.2) is 73.2 Å². The van der Waals surface area contributed by atoms with Gasteiger partial charge in [-0.1, -0.05) is 0 Å². The van der Waals surface area contributed by atoms with Crippen molar-refractivity contribution < 1.29 is 9.53 Å². The molecule has 0 aromatic rings. The van der Waals surface area contributed by atoms with Crippen molar-refractivity contribution in [3.63, 3.8) is 0 Å². The zero-order valence-electron chi connectivity index (χ0n) is 12.7. The van der Waals surface area contributed by atoms with Gasteiger partial charge in [0.2, 0.25) is 0 Å². The number of piperazine rings is 1. The standard InChI is InChI=1S/C15H27N3O2/c1-15(14(19)20-2,16-12-3-4-12)11-17-7-9-18(10-8-17)13-5-6-13/h12-13,16H,3-11H2,1-2H3. The number of ether oxygens (including phenoxy) is 1. The van der Waals surface area contributed by atoms with E-state index in [4.69, 9.17) is 4.74 Å². The summed E-state index contributed by atoms with van der Waals surface area (Å²) in [5.74, 6) is -0.131. The number of hydrogen-bond donors (Lipinski definition) is 1. The van der Waals surface area contributed by atoms with Gasteiger partial charge in [0.1, 0.15) is 5.54 Å². The molecule has 2 saturated carbocycles. The fourth-order valence-corrected chi connectivity index (χ4v) is 3.25. The number of esters is 1. The summed E-state index contributed by atoms with van der Waals surface area (Å²) in [6.45, 7) is 7.17. The third-order valence-electron chi connectivity index (χ3n) is 4.75. The van der Waals surface area contributed by atoms with Gasteiger partial charge in [-0.05, 0) is 32.6 Å². The first kappa shape index (κ1) is 14.3. The first-order chi connectivity index (χ1) is 9.60. The van der Waals surface area contributed by atoms with Crippen LogP contribution in [-0.2, 0) is 9.53 Å². The van der Waals surface area contributed by atoms with Crippen LogP contribution in [0.4, 0.5) is 0 Å². The van der Waals surface area contributed by atoms with Crippen LogP contribution in [0.2, 0.25) is 0 Å². The molecule has 1 saturated heterocycles. The lowest BCUT2D eigenvalue weighted by Crippen LogP contribution is -2.60. The molecule has 1 heterocycles. The fraction of sp³-hybridized carbons (Fsp3) is 0.933. The van der Waals surface area contributed by atoms with E-state index in [2.05, 4.69) is 15.1 Å². The minimum atomic E-state index is -0.558. The van der Waals surface area contributed by atoms with E-state index >= 15 is 0 Å². The Morgan fingerprint density at radius 1 is 1.20 bits per heavy atom. The average Bonchev–Trinajstić information content (AvgIpc) is 3.31. The molecular formula is C15H27N3O2. The molecule has 20 heavy (non-hydrogen) atoms. The third kappa shape index (κ3) is 3.32. The Bertz CT molecular complexity index is 360. The van der Waals surface area contributed by atoms with Gasteiger partial charge in [-0.15, -0.1) is 0 Å². The normalized spacial score (nSPS) is 28.1. The Morgan fingerprint density at radius 2 is 1.85 bits per heavy atom. The minimum absolute atomic E-state index is 0.131. The predicted molar refractivity (Wildman–Crippen MR) is 77.6 cm³/mol. The third-order valence-corrected chi connectivity index (χ3v) is 4.75. The monoisotopic (exact) mass is 281 g/mol. The Balaban J connectivity index is 1.54. The van der Waals surface area contributed by atoms with Gasteiger partial charge < -0.3 is 4.74 Å². The summed E-state index contributed by atoms with van der Waals surface area (Å²) >= 11 is 0. The summed E-state index contributed by atoms with van der Waals surface area (Å²) in [6.07, 6.45) is 5.12. The van der Waals surface area contributed by atoms with Crippen molar-refractivity contribution in [3.8, 4) is 0 Å². The van der Waals surface area contributed by atoms with Gasteiger partial charge in [0.15, 0.2) is 0 Å². The summed E-state index contributed by atoms with van der Waals surface area (Å²) < 4.78 is 5.02. The highest BCUT2D eigenvalue weighted by Crippen LogP contribution is 2.28. The molecule has 0 bridgehead atoms.